The monoisotopic (exact) mass is 385 g/mol. The molecule has 0 atom stereocenters. The largest absolute Gasteiger partial charge is 0.461 e. The smallest absolute Gasteiger partial charge is 0.234 e. The highest BCUT2D eigenvalue weighted by atomic mass is 16.3. The highest BCUT2D eigenvalue weighted by Crippen LogP contribution is 2.18. The zero-order valence-corrected chi connectivity index (χ0v) is 17.1. The van der Waals surface area contributed by atoms with E-state index in [1.165, 1.54) is 0 Å². The summed E-state index contributed by atoms with van der Waals surface area (Å²) in [6.45, 7) is 8.63. The van der Waals surface area contributed by atoms with Crippen LogP contribution in [0.15, 0.2) is 39.7 Å². The molecule has 0 unspecified atom stereocenters. The lowest BCUT2D eigenvalue weighted by Gasteiger charge is -2.36. The van der Waals surface area contributed by atoms with Crippen molar-refractivity contribution in [3.05, 3.63) is 36.1 Å². The molecule has 2 N–H and O–H groups in total. The number of guanidine groups is 1. The molecular weight excluding hydrogens is 354 g/mol. The fourth-order valence-electron chi connectivity index (χ4n) is 3.48. The molecule has 1 amide bonds. The van der Waals surface area contributed by atoms with Crippen molar-refractivity contribution in [1.82, 2.24) is 20.4 Å². The maximum absolute atomic E-state index is 11.9. The molecule has 2 heterocycles. The summed E-state index contributed by atoms with van der Waals surface area (Å²) in [5.41, 5.74) is 0.930. The van der Waals surface area contributed by atoms with Gasteiger partial charge in [0.2, 0.25) is 5.91 Å². The van der Waals surface area contributed by atoms with Gasteiger partial charge in [0.1, 0.15) is 11.3 Å². The number of benzene rings is 1. The Morgan fingerprint density at radius 3 is 2.64 bits per heavy atom. The van der Waals surface area contributed by atoms with Crippen LogP contribution >= 0.6 is 0 Å². The highest BCUT2D eigenvalue weighted by Gasteiger charge is 2.21. The van der Waals surface area contributed by atoms with Gasteiger partial charge in [0, 0.05) is 57.6 Å². The van der Waals surface area contributed by atoms with Crippen LogP contribution in [0.1, 0.15) is 19.6 Å². The fraction of sp³-hybridized carbons (Fsp3) is 0.524. The summed E-state index contributed by atoms with van der Waals surface area (Å²) in [7, 11) is 1.81. The van der Waals surface area contributed by atoms with Crippen LogP contribution in [-0.2, 0) is 11.2 Å². The average molecular weight is 386 g/mol. The van der Waals surface area contributed by atoms with E-state index in [2.05, 4.69) is 37.6 Å². The number of rotatable bonds is 6. The van der Waals surface area contributed by atoms with Gasteiger partial charge in [-0.2, -0.15) is 0 Å². The highest BCUT2D eigenvalue weighted by molar-refractivity contribution is 5.80. The van der Waals surface area contributed by atoms with Crippen LogP contribution in [0.5, 0.6) is 0 Å². The number of carbonyl (C=O) groups is 1. The van der Waals surface area contributed by atoms with E-state index in [-0.39, 0.29) is 11.9 Å². The van der Waals surface area contributed by atoms with E-state index >= 15 is 0 Å². The molecule has 0 spiro atoms. The minimum Gasteiger partial charge on any atom is -0.461 e. The maximum atomic E-state index is 11.9. The van der Waals surface area contributed by atoms with Gasteiger partial charge in [0.15, 0.2) is 5.96 Å². The first-order chi connectivity index (χ1) is 13.5. The molecule has 1 saturated heterocycles. The number of hydrogen-bond acceptors (Lipinski definition) is 4. The summed E-state index contributed by atoms with van der Waals surface area (Å²) >= 11 is 0. The zero-order chi connectivity index (χ0) is 19.9. The maximum Gasteiger partial charge on any atom is 0.234 e. The Labute approximate surface area is 166 Å². The van der Waals surface area contributed by atoms with Gasteiger partial charge in [-0.15, -0.1) is 0 Å². The van der Waals surface area contributed by atoms with E-state index in [9.17, 15) is 4.79 Å². The summed E-state index contributed by atoms with van der Waals surface area (Å²) in [5, 5.41) is 7.52. The van der Waals surface area contributed by atoms with Crippen LogP contribution in [0.2, 0.25) is 0 Å². The first-order valence-corrected chi connectivity index (χ1v) is 10.00. The molecule has 2 aromatic rings. The summed E-state index contributed by atoms with van der Waals surface area (Å²) in [6.07, 6.45) is 0.809. The van der Waals surface area contributed by atoms with Crippen molar-refractivity contribution in [3.63, 3.8) is 0 Å². The van der Waals surface area contributed by atoms with Crippen molar-refractivity contribution in [2.45, 2.75) is 26.3 Å². The predicted octanol–water partition coefficient (Wildman–Crippen LogP) is 1.69. The number of nitrogens with zero attached hydrogens (tertiary/aromatic N) is 3. The van der Waals surface area contributed by atoms with Crippen molar-refractivity contribution in [1.29, 1.82) is 0 Å². The SMILES string of the molecule is CN=C(NCCc1cc2ccccc2o1)N1CCN(CC(=O)NC(C)C)CC1. The van der Waals surface area contributed by atoms with E-state index in [1.54, 1.807) is 0 Å². The standard InChI is InChI=1S/C21H31N5O2/c1-16(2)24-20(27)15-25-10-12-26(13-11-25)21(22-3)23-9-8-18-14-17-6-4-5-7-19(17)28-18/h4-7,14,16H,8-13,15H2,1-3H3,(H,22,23)(H,24,27). The van der Waals surface area contributed by atoms with Gasteiger partial charge in [-0.05, 0) is 26.0 Å². The third kappa shape index (κ3) is 5.48. The molecule has 1 aliphatic rings. The molecule has 0 bridgehead atoms. The number of carbonyl (C=O) groups excluding carboxylic acids is 1. The lowest BCUT2D eigenvalue weighted by atomic mass is 10.2. The molecule has 1 aliphatic heterocycles. The van der Waals surface area contributed by atoms with Crippen molar-refractivity contribution < 1.29 is 9.21 Å². The van der Waals surface area contributed by atoms with Gasteiger partial charge in [0.05, 0.1) is 6.54 Å². The minimum atomic E-state index is 0.0943. The summed E-state index contributed by atoms with van der Waals surface area (Å²) in [5.74, 6) is 1.98. The fourth-order valence-corrected chi connectivity index (χ4v) is 3.48. The second-order valence-corrected chi connectivity index (χ2v) is 7.46. The Balaban J connectivity index is 1.42. The minimum absolute atomic E-state index is 0.0943. The molecule has 1 aromatic carbocycles. The van der Waals surface area contributed by atoms with E-state index in [0.29, 0.717) is 6.54 Å². The zero-order valence-electron chi connectivity index (χ0n) is 17.1. The molecule has 7 heteroatoms. The van der Waals surface area contributed by atoms with Crippen LogP contribution in [0.4, 0.5) is 0 Å². The molecular formula is C21H31N5O2. The summed E-state index contributed by atoms with van der Waals surface area (Å²) in [4.78, 5) is 20.8. The van der Waals surface area contributed by atoms with Crippen molar-refractivity contribution in [2.75, 3.05) is 46.3 Å². The molecule has 152 valence electrons. The van der Waals surface area contributed by atoms with Gasteiger partial charge in [0.25, 0.3) is 0 Å². The Hall–Kier alpha value is -2.54. The quantitative estimate of drug-likeness (QED) is 0.585. The van der Waals surface area contributed by atoms with Gasteiger partial charge in [-0.25, -0.2) is 0 Å². The van der Waals surface area contributed by atoms with Crippen LogP contribution in [0.25, 0.3) is 11.0 Å². The Bertz CT molecular complexity index is 773. The van der Waals surface area contributed by atoms with E-state index < -0.39 is 0 Å². The number of aliphatic imine (C=N–C) groups is 1. The summed E-state index contributed by atoms with van der Waals surface area (Å²) < 4.78 is 5.87. The van der Waals surface area contributed by atoms with E-state index in [4.69, 9.17) is 4.42 Å². The van der Waals surface area contributed by atoms with Crippen LogP contribution < -0.4 is 10.6 Å². The van der Waals surface area contributed by atoms with E-state index in [1.807, 2.05) is 39.1 Å². The Morgan fingerprint density at radius 1 is 1.21 bits per heavy atom. The van der Waals surface area contributed by atoms with Gasteiger partial charge >= 0.3 is 0 Å². The third-order valence-corrected chi connectivity index (χ3v) is 4.83. The number of fused-ring (bicyclic) bond motifs is 1. The number of piperazine rings is 1. The van der Waals surface area contributed by atoms with E-state index in [0.717, 1.165) is 61.8 Å². The molecule has 3 rings (SSSR count). The van der Waals surface area contributed by atoms with Crippen LogP contribution in [0, 0.1) is 0 Å². The lowest BCUT2D eigenvalue weighted by molar-refractivity contribution is -0.123. The van der Waals surface area contributed by atoms with Gasteiger partial charge < -0.3 is 20.0 Å². The third-order valence-electron chi connectivity index (χ3n) is 4.83. The Morgan fingerprint density at radius 2 is 1.96 bits per heavy atom. The van der Waals surface area contributed by atoms with Crippen LogP contribution in [0.3, 0.4) is 0 Å². The number of amides is 1. The molecule has 7 nitrogen and oxygen atoms in total. The number of furan rings is 1. The first kappa shape index (κ1) is 20.2. The molecule has 28 heavy (non-hydrogen) atoms. The average Bonchev–Trinajstić information content (AvgIpc) is 3.08. The second kappa shape index (κ2) is 9.59. The predicted molar refractivity (Wildman–Crippen MR) is 113 cm³/mol. The molecule has 0 radical (unpaired) electrons. The molecule has 0 saturated carbocycles. The van der Waals surface area contributed by atoms with Gasteiger partial charge in [-0.3, -0.25) is 14.7 Å². The number of para-hydroxylation sites is 1. The Kier molecular flexibility index (Phi) is 6.92. The second-order valence-electron chi connectivity index (χ2n) is 7.46. The van der Waals surface area contributed by atoms with Crippen molar-refractivity contribution >= 4 is 22.8 Å². The topological polar surface area (TPSA) is 73.1 Å². The summed E-state index contributed by atoms with van der Waals surface area (Å²) in [6, 6.07) is 10.3. The van der Waals surface area contributed by atoms with Gasteiger partial charge in [-0.1, -0.05) is 18.2 Å². The van der Waals surface area contributed by atoms with Crippen LogP contribution in [-0.4, -0.2) is 74.0 Å². The molecule has 1 aromatic heterocycles. The normalized spacial score (nSPS) is 16.0. The molecule has 0 aliphatic carbocycles. The number of nitrogens with one attached hydrogen (secondary N) is 2. The lowest BCUT2D eigenvalue weighted by Crippen LogP contribution is -2.54. The molecule has 1 fully saturated rings. The first-order valence-electron chi connectivity index (χ1n) is 10.00. The number of hydrogen-bond donors (Lipinski definition) is 2. The van der Waals surface area contributed by atoms with Crippen molar-refractivity contribution in [2.24, 2.45) is 4.99 Å². The van der Waals surface area contributed by atoms with Crippen molar-refractivity contribution in [3.8, 4) is 0 Å².